The lowest BCUT2D eigenvalue weighted by molar-refractivity contribution is -0.144. The van der Waals surface area contributed by atoms with Crippen molar-refractivity contribution in [1.82, 2.24) is 14.7 Å². The van der Waals surface area contributed by atoms with Crippen LogP contribution in [0.1, 0.15) is 32.3 Å². The second-order valence-corrected chi connectivity index (χ2v) is 9.45. The lowest BCUT2D eigenvalue weighted by Crippen LogP contribution is -2.56. The highest BCUT2D eigenvalue weighted by Crippen LogP contribution is 2.47. The van der Waals surface area contributed by atoms with E-state index in [9.17, 15) is 9.59 Å². The molecule has 0 unspecified atom stereocenters. The molecule has 0 spiro atoms. The van der Waals surface area contributed by atoms with Crippen LogP contribution in [0.3, 0.4) is 0 Å². The Balaban J connectivity index is 1.30. The van der Waals surface area contributed by atoms with Crippen molar-refractivity contribution < 1.29 is 14.3 Å². The van der Waals surface area contributed by atoms with E-state index in [1.807, 2.05) is 28.9 Å². The lowest BCUT2D eigenvalue weighted by Gasteiger charge is -2.38. The van der Waals surface area contributed by atoms with Gasteiger partial charge in [0.1, 0.15) is 11.8 Å². The minimum absolute atomic E-state index is 0.132. The van der Waals surface area contributed by atoms with Crippen LogP contribution < -0.4 is 4.74 Å². The number of amides is 2. The maximum absolute atomic E-state index is 13.1. The highest BCUT2D eigenvalue weighted by molar-refractivity contribution is 8.01. The Hall–Kier alpha value is -1.73. The molecule has 0 radical (unpaired) electrons. The average Bonchev–Trinajstić information content (AvgIpc) is 3.19. The van der Waals surface area contributed by atoms with Crippen molar-refractivity contribution in [1.29, 1.82) is 0 Å². The van der Waals surface area contributed by atoms with Crippen LogP contribution in [-0.2, 0) is 16.1 Å². The summed E-state index contributed by atoms with van der Waals surface area (Å²) in [5.74, 6) is 1.90. The van der Waals surface area contributed by atoms with Gasteiger partial charge >= 0.3 is 0 Å². The van der Waals surface area contributed by atoms with E-state index in [0.29, 0.717) is 13.0 Å². The maximum Gasteiger partial charge on any atom is 0.246 e. The molecule has 0 saturated carbocycles. The van der Waals surface area contributed by atoms with Gasteiger partial charge in [-0.25, -0.2) is 0 Å². The molecule has 3 fully saturated rings. The van der Waals surface area contributed by atoms with Crippen LogP contribution in [0.5, 0.6) is 5.75 Å². The minimum Gasteiger partial charge on any atom is -0.494 e. The van der Waals surface area contributed by atoms with Crippen LogP contribution in [0.4, 0.5) is 0 Å². The molecule has 0 N–H and O–H groups in total. The smallest absolute Gasteiger partial charge is 0.246 e. The van der Waals surface area contributed by atoms with Gasteiger partial charge < -0.3 is 14.5 Å². The van der Waals surface area contributed by atoms with Gasteiger partial charge in [-0.15, -0.1) is 11.8 Å². The number of ether oxygens (including phenoxy) is 1. The Morgan fingerprint density at radius 2 is 1.93 bits per heavy atom. The highest BCUT2D eigenvalue weighted by atomic mass is 32.2. The van der Waals surface area contributed by atoms with Crippen LogP contribution >= 0.6 is 11.8 Å². The first-order valence-corrected chi connectivity index (χ1v) is 11.2. The second kappa shape index (κ2) is 7.95. The fourth-order valence-corrected chi connectivity index (χ4v) is 5.88. The molecule has 2 atom stereocenters. The molecular weight excluding hydrogens is 374 g/mol. The topological polar surface area (TPSA) is 53.1 Å². The fourth-order valence-electron chi connectivity index (χ4n) is 4.46. The van der Waals surface area contributed by atoms with Gasteiger partial charge in [0.25, 0.3) is 0 Å². The number of carbonyl (C=O) groups is 2. The molecule has 0 aliphatic carbocycles. The number of benzene rings is 1. The summed E-state index contributed by atoms with van der Waals surface area (Å²) in [6, 6.07) is 7.97. The Morgan fingerprint density at radius 1 is 1.21 bits per heavy atom. The van der Waals surface area contributed by atoms with Crippen molar-refractivity contribution in [2.24, 2.45) is 0 Å². The summed E-state index contributed by atoms with van der Waals surface area (Å²) in [6.45, 7) is 8.84. The van der Waals surface area contributed by atoms with Crippen molar-refractivity contribution >= 4 is 23.6 Å². The molecule has 1 aromatic carbocycles. The van der Waals surface area contributed by atoms with Gasteiger partial charge in [0.15, 0.2) is 0 Å². The van der Waals surface area contributed by atoms with Crippen molar-refractivity contribution in [3.8, 4) is 5.75 Å². The van der Waals surface area contributed by atoms with Gasteiger partial charge in [-0.3, -0.25) is 14.5 Å². The zero-order chi connectivity index (χ0) is 19.7. The number of rotatable bonds is 5. The number of fused-ring (bicyclic) bond motifs is 1. The molecule has 2 amide bonds. The first-order valence-electron chi connectivity index (χ1n) is 10.2. The molecule has 152 valence electrons. The third kappa shape index (κ3) is 3.74. The minimum atomic E-state index is -0.275. The highest BCUT2D eigenvalue weighted by Gasteiger charge is 2.53. The predicted molar refractivity (Wildman–Crippen MR) is 110 cm³/mol. The van der Waals surface area contributed by atoms with E-state index in [1.165, 1.54) is 5.56 Å². The number of thioether (sulfide) groups is 1. The Morgan fingerprint density at radius 3 is 2.61 bits per heavy atom. The zero-order valence-corrected chi connectivity index (χ0v) is 17.5. The third-order valence-electron chi connectivity index (χ3n) is 6.05. The summed E-state index contributed by atoms with van der Waals surface area (Å²) >= 11 is 1.76. The first kappa shape index (κ1) is 19.6. The molecule has 3 heterocycles. The summed E-state index contributed by atoms with van der Waals surface area (Å²) in [6.07, 6.45) is 1.43. The first-order chi connectivity index (χ1) is 13.5. The predicted octanol–water partition coefficient (Wildman–Crippen LogP) is 2.18. The number of carbonyl (C=O) groups excluding carboxylic acids is 2. The van der Waals surface area contributed by atoms with E-state index in [1.54, 1.807) is 11.8 Å². The fraction of sp³-hybridized carbons (Fsp3) is 0.619. The van der Waals surface area contributed by atoms with Crippen LogP contribution in [0, 0.1) is 0 Å². The summed E-state index contributed by atoms with van der Waals surface area (Å²) in [5, 5.41) is 0. The monoisotopic (exact) mass is 403 g/mol. The van der Waals surface area contributed by atoms with Crippen molar-refractivity contribution in [3.63, 3.8) is 0 Å². The van der Waals surface area contributed by atoms with E-state index < -0.39 is 0 Å². The number of hydrogen-bond donors (Lipinski definition) is 0. The second-order valence-electron chi connectivity index (χ2n) is 7.94. The molecule has 0 aromatic heterocycles. The van der Waals surface area contributed by atoms with E-state index in [0.717, 1.165) is 50.6 Å². The summed E-state index contributed by atoms with van der Waals surface area (Å²) in [5.41, 5.74) is 1.26. The van der Waals surface area contributed by atoms with Gasteiger partial charge in [0.2, 0.25) is 11.8 Å². The van der Waals surface area contributed by atoms with Crippen molar-refractivity contribution in [2.45, 2.75) is 44.1 Å². The van der Waals surface area contributed by atoms with E-state index >= 15 is 0 Å². The SMILES string of the molecule is CCOc1ccc(CN2CCN(C(=O)[C@H]3CS[C@]4(C)CCC(=O)N34)CC2)cc1. The summed E-state index contributed by atoms with van der Waals surface area (Å²) < 4.78 is 5.50. The maximum atomic E-state index is 13.1. The molecule has 3 aliphatic heterocycles. The van der Waals surface area contributed by atoms with Gasteiger partial charge in [-0.1, -0.05) is 12.1 Å². The molecule has 7 heteroatoms. The molecule has 6 nitrogen and oxygen atoms in total. The van der Waals surface area contributed by atoms with Crippen molar-refractivity contribution in [2.75, 3.05) is 38.5 Å². The van der Waals surface area contributed by atoms with Crippen LogP contribution in [0.2, 0.25) is 0 Å². The number of nitrogens with zero attached hydrogens (tertiary/aromatic N) is 3. The molecule has 0 bridgehead atoms. The van der Waals surface area contributed by atoms with Gasteiger partial charge in [-0.2, -0.15) is 0 Å². The normalized spacial score (nSPS) is 27.9. The number of hydrogen-bond acceptors (Lipinski definition) is 5. The standard InChI is InChI=1S/C21H29N3O3S/c1-3-27-17-6-4-16(5-7-17)14-22-10-12-23(13-11-22)20(26)18-15-28-21(2)9-8-19(25)24(18)21/h4-7,18H,3,8-15H2,1-2H3/t18-,21-/m1/s1. The lowest BCUT2D eigenvalue weighted by atomic mass is 10.1. The van der Waals surface area contributed by atoms with Gasteiger partial charge in [-0.05, 0) is 38.0 Å². The summed E-state index contributed by atoms with van der Waals surface area (Å²) in [7, 11) is 0. The van der Waals surface area contributed by atoms with Crippen molar-refractivity contribution in [3.05, 3.63) is 29.8 Å². The molecular formula is C21H29N3O3S. The quantitative estimate of drug-likeness (QED) is 0.754. The zero-order valence-electron chi connectivity index (χ0n) is 16.7. The largest absolute Gasteiger partial charge is 0.494 e. The Labute approximate surface area is 171 Å². The molecule has 4 rings (SSSR count). The van der Waals surface area contributed by atoms with E-state index in [4.69, 9.17) is 4.74 Å². The van der Waals surface area contributed by atoms with Crippen LogP contribution in [-0.4, -0.2) is 76.0 Å². The molecule has 28 heavy (non-hydrogen) atoms. The number of piperazine rings is 1. The molecule has 3 aliphatic rings. The summed E-state index contributed by atoms with van der Waals surface area (Å²) in [4.78, 5) is 31.4. The van der Waals surface area contributed by atoms with E-state index in [-0.39, 0.29) is 22.7 Å². The van der Waals surface area contributed by atoms with E-state index in [2.05, 4.69) is 24.0 Å². The molecule has 3 saturated heterocycles. The average molecular weight is 404 g/mol. The van der Waals surface area contributed by atoms with Crippen LogP contribution in [0.25, 0.3) is 0 Å². The van der Waals surface area contributed by atoms with Gasteiger partial charge in [0, 0.05) is 44.9 Å². The van der Waals surface area contributed by atoms with Gasteiger partial charge in [0.05, 0.1) is 11.5 Å². The Bertz CT molecular complexity index is 733. The Kier molecular flexibility index (Phi) is 5.56. The molecule has 1 aromatic rings. The van der Waals surface area contributed by atoms with Crippen LogP contribution in [0.15, 0.2) is 24.3 Å². The third-order valence-corrected chi connectivity index (χ3v) is 7.56.